The van der Waals surface area contributed by atoms with E-state index in [9.17, 15) is 29.1 Å². The van der Waals surface area contributed by atoms with Gasteiger partial charge in [0, 0.05) is 69.6 Å². The van der Waals surface area contributed by atoms with Gasteiger partial charge in [0.2, 0.25) is 23.7 Å². The summed E-state index contributed by atoms with van der Waals surface area (Å²) in [6, 6.07) is 18.7. The van der Waals surface area contributed by atoms with Crippen LogP contribution in [0.3, 0.4) is 0 Å². The van der Waals surface area contributed by atoms with Crippen LogP contribution in [-0.2, 0) is 26.3 Å². The molecule has 68 heavy (non-hydrogen) atoms. The summed E-state index contributed by atoms with van der Waals surface area (Å²) >= 11 is 0. The van der Waals surface area contributed by atoms with Crippen molar-refractivity contribution in [3.8, 4) is 11.5 Å². The molecular weight excluding hydrogens is 871 g/mol. The Balaban J connectivity index is 0.734. The average molecular weight is 924 g/mol. The first-order valence-corrected chi connectivity index (χ1v) is 23.2. The fraction of sp³-hybridized carbons (Fsp3) is 0.408. The second-order valence-electron chi connectivity index (χ2n) is 18.5. The van der Waals surface area contributed by atoms with Crippen molar-refractivity contribution in [2.75, 3.05) is 74.5 Å². The van der Waals surface area contributed by atoms with Gasteiger partial charge in [0.15, 0.2) is 0 Å². The highest BCUT2D eigenvalue weighted by Crippen LogP contribution is 2.39. The number of anilines is 4. The fourth-order valence-corrected chi connectivity index (χ4v) is 9.97. The van der Waals surface area contributed by atoms with Crippen molar-refractivity contribution in [3.05, 3.63) is 107 Å². The molecule has 0 saturated carbocycles. The molecule has 0 bridgehead atoms. The molecule has 4 N–H and O–H groups in total. The van der Waals surface area contributed by atoms with Crippen LogP contribution in [0, 0.1) is 5.92 Å². The van der Waals surface area contributed by atoms with E-state index < -0.39 is 41.3 Å². The van der Waals surface area contributed by atoms with Gasteiger partial charge >= 0.3 is 5.97 Å². The number of aromatic nitrogens is 4. The number of benzene rings is 3. The molecule has 0 spiro atoms. The Kier molecular flexibility index (Phi) is 12.2. The van der Waals surface area contributed by atoms with Crippen molar-refractivity contribution < 1.29 is 38.2 Å². The monoisotopic (exact) mass is 923 g/mol. The van der Waals surface area contributed by atoms with Crippen LogP contribution in [0.15, 0.2) is 77.3 Å². The molecule has 4 amide bonds. The number of hydrogen-bond acceptors (Lipinski definition) is 17. The van der Waals surface area contributed by atoms with Gasteiger partial charge in [-0.05, 0) is 88.0 Å². The van der Waals surface area contributed by atoms with Gasteiger partial charge in [0.05, 0.1) is 40.6 Å². The van der Waals surface area contributed by atoms with Gasteiger partial charge in [-0.2, -0.15) is 4.98 Å². The summed E-state index contributed by atoms with van der Waals surface area (Å²) in [6.45, 7) is 10.2. The Hall–Kier alpha value is -7.09. The molecule has 3 saturated heterocycles. The van der Waals surface area contributed by atoms with Gasteiger partial charge in [-0.3, -0.25) is 34.3 Å². The number of imide groups is 2. The summed E-state index contributed by atoms with van der Waals surface area (Å²) in [4.78, 5) is 81.3. The van der Waals surface area contributed by atoms with Gasteiger partial charge in [-0.25, -0.2) is 9.78 Å². The van der Waals surface area contributed by atoms with Crippen LogP contribution in [0.4, 0.5) is 23.1 Å². The highest BCUT2D eigenvalue weighted by molar-refractivity contribution is 6.25. The second kappa shape index (κ2) is 18.5. The van der Waals surface area contributed by atoms with Crippen LogP contribution in [-0.4, -0.2) is 135 Å². The number of ether oxygens (including phenoxy) is 1. The molecule has 0 aliphatic carbocycles. The molecule has 2 atom stereocenters. The van der Waals surface area contributed by atoms with Crippen molar-refractivity contribution in [2.24, 2.45) is 5.92 Å². The topological polar surface area (TPSA) is 229 Å². The predicted molar refractivity (Wildman–Crippen MR) is 248 cm³/mol. The molecule has 352 valence electrons. The van der Waals surface area contributed by atoms with Crippen molar-refractivity contribution in [2.45, 2.75) is 63.6 Å². The number of fused-ring (bicyclic) bond motifs is 2. The Morgan fingerprint density at radius 2 is 1.65 bits per heavy atom. The molecule has 3 fully saturated rings. The number of esters is 1. The van der Waals surface area contributed by atoms with E-state index in [0.717, 1.165) is 68.1 Å². The van der Waals surface area contributed by atoms with Crippen molar-refractivity contribution in [1.29, 1.82) is 0 Å². The minimum atomic E-state index is -0.996. The summed E-state index contributed by atoms with van der Waals surface area (Å²) in [5.74, 6) is -0.394. The van der Waals surface area contributed by atoms with Gasteiger partial charge in [0.25, 0.3) is 17.7 Å². The van der Waals surface area contributed by atoms with E-state index in [1.807, 2.05) is 56.3 Å². The lowest BCUT2D eigenvalue weighted by atomic mass is 9.95. The number of aliphatic hydroxyl groups is 1. The maximum atomic E-state index is 13.7. The number of nitrogens with zero attached hydrogens (tertiary/aromatic N) is 8. The average Bonchev–Trinajstić information content (AvgIpc) is 3.99. The fourth-order valence-electron chi connectivity index (χ4n) is 9.97. The number of amides is 4. The Bertz CT molecular complexity index is 2770. The maximum absolute atomic E-state index is 13.7. The zero-order chi connectivity index (χ0) is 47.1. The molecule has 19 nitrogen and oxygen atoms in total. The molecule has 19 heteroatoms. The second-order valence-corrected chi connectivity index (χ2v) is 18.5. The van der Waals surface area contributed by atoms with E-state index >= 15 is 0 Å². The Morgan fingerprint density at radius 3 is 2.41 bits per heavy atom. The SMILES string of the molecule is CC1(C)OC(=O)c2ccc(Nc3ncc(-c4nnc(CCN5CCC(CN6CCN(c7cccc8c7C(=O)N(C7CCC(=O)NC7=O)C8=O)CC6)CC5)o4)c(N[C@H](CO)c4ccccc4)n3)cc21. The third-order valence-corrected chi connectivity index (χ3v) is 13.7. The largest absolute Gasteiger partial charge is 0.451 e. The van der Waals surface area contributed by atoms with Crippen LogP contribution in [0.25, 0.3) is 11.5 Å². The van der Waals surface area contributed by atoms with E-state index in [2.05, 4.69) is 45.8 Å². The lowest BCUT2D eigenvalue weighted by molar-refractivity contribution is -0.136. The Morgan fingerprint density at radius 1 is 0.853 bits per heavy atom. The summed E-state index contributed by atoms with van der Waals surface area (Å²) in [5, 5.41) is 28.1. The van der Waals surface area contributed by atoms with Crippen LogP contribution in [0.5, 0.6) is 0 Å². The number of rotatable bonds is 14. The summed E-state index contributed by atoms with van der Waals surface area (Å²) in [5.41, 5.74) is 3.87. The first-order valence-electron chi connectivity index (χ1n) is 23.2. The summed E-state index contributed by atoms with van der Waals surface area (Å²) in [7, 11) is 0. The number of piperazine rings is 1. The van der Waals surface area contributed by atoms with Gasteiger partial charge in [-0.15, -0.1) is 10.2 Å². The Labute approximate surface area is 392 Å². The number of carbonyl (C=O) groups excluding carboxylic acids is 5. The molecule has 10 rings (SSSR count). The molecular formula is C49H53N11O8. The van der Waals surface area contributed by atoms with Crippen molar-refractivity contribution in [1.82, 2.24) is 40.2 Å². The quantitative estimate of drug-likeness (QED) is 0.0899. The molecule has 1 unspecified atom stereocenters. The van der Waals surface area contributed by atoms with E-state index in [-0.39, 0.29) is 37.3 Å². The molecule has 0 radical (unpaired) electrons. The molecule has 2 aromatic heterocycles. The molecule has 7 heterocycles. The van der Waals surface area contributed by atoms with Crippen molar-refractivity contribution >= 4 is 52.7 Å². The van der Waals surface area contributed by atoms with Gasteiger partial charge in [0.1, 0.15) is 17.5 Å². The number of hydrogen-bond donors (Lipinski definition) is 4. The van der Waals surface area contributed by atoms with Crippen LogP contribution >= 0.6 is 0 Å². The highest BCUT2D eigenvalue weighted by atomic mass is 16.6. The highest BCUT2D eigenvalue weighted by Gasteiger charge is 2.46. The summed E-state index contributed by atoms with van der Waals surface area (Å²) < 4.78 is 11.8. The molecule has 5 aromatic rings. The predicted octanol–water partition coefficient (Wildman–Crippen LogP) is 4.30. The summed E-state index contributed by atoms with van der Waals surface area (Å²) in [6.07, 6.45) is 4.49. The van der Waals surface area contributed by atoms with Crippen molar-refractivity contribution in [3.63, 3.8) is 0 Å². The van der Waals surface area contributed by atoms with E-state index in [1.165, 1.54) is 0 Å². The molecule has 5 aliphatic heterocycles. The number of carbonyl (C=O) groups is 5. The third-order valence-electron chi connectivity index (χ3n) is 13.7. The smallest absolute Gasteiger partial charge is 0.339 e. The minimum absolute atomic E-state index is 0.0791. The minimum Gasteiger partial charge on any atom is -0.451 e. The number of nitrogens with one attached hydrogen (secondary N) is 3. The van der Waals surface area contributed by atoms with Crippen LogP contribution < -0.4 is 20.9 Å². The van der Waals surface area contributed by atoms with Gasteiger partial charge < -0.3 is 34.7 Å². The normalized spacial score (nSPS) is 20.3. The maximum Gasteiger partial charge on any atom is 0.339 e. The zero-order valence-electron chi connectivity index (χ0n) is 37.9. The third kappa shape index (κ3) is 8.91. The number of cyclic esters (lactones) is 1. The number of piperidine rings is 2. The van der Waals surface area contributed by atoms with E-state index in [0.29, 0.717) is 70.8 Å². The van der Waals surface area contributed by atoms with E-state index in [4.69, 9.17) is 14.1 Å². The number of aliphatic hydroxyl groups excluding tert-OH is 1. The first kappa shape index (κ1) is 44.7. The molecule has 5 aliphatic rings. The van der Waals surface area contributed by atoms with E-state index in [1.54, 1.807) is 30.5 Å². The van der Waals surface area contributed by atoms with Gasteiger partial charge in [-0.1, -0.05) is 36.4 Å². The van der Waals surface area contributed by atoms with Crippen LogP contribution in [0.1, 0.15) is 93.7 Å². The zero-order valence-corrected chi connectivity index (χ0v) is 37.9. The number of likely N-dealkylation sites (tertiary alicyclic amines) is 1. The molecule has 3 aromatic carbocycles. The lowest BCUT2D eigenvalue weighted by Crippen LogP contribution is -2.54. The standard InChI is InChI=1S/C49H53N11O8/c1-49(2)35-25-31(11-12-32(35)47(66)68-49)51-48-50-26-34(42(54-48)52-36(28-61)30-7-4-3-5-8-30)44-56-55-40(67-44)17-20-57-18-15-29(16-19-57)27-58-21-23-59(24-22-58)37-10-6-9-33-41(37)46(65)60(45(33)64)38-13-14-39(62)53-43(38)63/h3-12,25-26,29,36,38,61H,13-24,27-28H2,1-2H3,(H,53,62,63)(H2,50,51,52,54)/t36-,38?/m1/s1. The lowest BCUT2D eigenvalue weighted by Gasteiger charge is -2.40. The first-order chi connectivity index (χ1) is 32.9. The van der Waals surface area contributed by atoms with Crippen LogP contribution in [0.2, 0.25) is 0 Å².